The third-order valence-corrected chi connectivity index (χ3v) is 4.17. The van der Waals surface area contributed by atoms with Crippen LogP contribution in [0.1, 0.15) is 17.4 Å². The Morgan fingerprint density at radius 2 is 1.90 bits per heavy atom. The topological polar surface area (TPSA) is 24.9 Å². The smallest absolute Gasteiger partial charge is 0.295 e. The second-order valence-electron chi connectivity index (χ2n) is 4.42. The molecule has 20 heavy (non-hydrogen) atoms. The van der Waals surface area contributed by atoms with Crippen molar-refractivity contribution in [1.82, 2.24) is 10.3 Å². The fourth-order valence-corrected chi connectivity index (χ4v) is 2.68. The Balaban J connectivity index is 2.25. The number of hydrogen-bond acceptors (Lipinski definition) is 3. The molecule has 7 heteroatoms. The number of nitrogens with one attached hydrogen (secondary N) is 1. The molecule has 0 bridgehead atoms. The molecule has 0 saturated heterocycles. The van der Waals surface area contributed by atoms with Gasteiger partial charge >= 0.3 is 6.18 Å². The minimum Gasteiger partial charge on any atom is -0.295 e. The molecule has 0 fully saturated rings. The summed E-state index contributed by atoms with van der Waals surface area (Å²) in [7, 11) is 0. The maximum Gasteiger partial charge on any atom is 0.410 e. The van der Waals surface area contributed by atoms with Crippen molar-refractivity contribution < 1.29 is 13.2 Å². The molecule has 1 unspecified atom stereocenters. The largest absolute Gasteiger partial charge is 0.410 e. The molecule has 0 aliphatic heterocycles. The van der Waals surface area contributed by atoms with Gasteiger partial charge in [0.15, 0.2) is 4.47 Å². The third-order valence-electron chi connectivity index (χ3n) is 3.06. The van der Waals surface area contributed by atoms with Crippen molar-refractivity contribution in [2.45, 2.75) is 25.2 Å². The van der Waals surface area contributed by atoms with Crippen molar-refractivity contribution in [3.8, 4) is 0 Å². The van der Waals surface area contributed by atoms with E-state index in [1.165, 1.54) is 18.3 Å². The van der Waals surface area contributed by atoms with Crippen LogP contribution in [0.3, 0.4) is 0 Å². The van der Waals surface area contributed by atoms with Gasteiger partial charge in [0.2, 0.25) is 0 Å². The Labute approximate surface area is 123 Å². The van der Waals surface area contributed by atoms with Crippen molar-refractivity contribution >= 4 is 22.9 Å². The number of rotatable bonds is 4. The molecule has 2 aromatic rings. The lowest BCUT2D eigenvalue weighted by molar-refractivity contribution is -0.196. The zero-order valence-electron chi connectivity index (χ0n) is 10.5. The van der Waals surface area contributed by atoms with E-state index in [0.29, 0.717) is 9.34 Å². The normalized spacial score (nSPS) is 15.1. The molecule has 1 aromatic heterocycles. The van der Waals surface area contributed by atoms with E-state index in [0.717, 1.165) is 18.3 Å². The van der Waals surface area contributed by atoms with E-state index in [9.17, 15) is 13.2 Å². The van der Waals surface area contributed by atoms with Crippen molar-refractivity contribution in [2.75, 3.05) is 0 Å². The molecule has 2 rings (SSSR count). The van der Waals surface area contributed by atoms with Crippen molar-refractivity contribution in [3.63, 3.8) is 0 Å². The standard InChI is InChI=1S/C13H12ClF3N2S/c1-12(13(15,16)17,9-5-3-2-4-6-9)19-8-10-7-18-11(14)20-10/h2-7,19H,8H2,1H3. The predicted octanol–water partition coefficient (Wildman–Crippen LogP) is 4.36. The molecular formula is C13H12ClF3N2S. The van der Waals surface area contributed by atoms with Crippen LogP contribution in [0.5, 0.6) is 0 Å². The van der Waals surface area contributed by atoms with Gasteiger partial charge < -0.3 is 0 Å². The fourth-order valence-electron chi connectivity index (χ4n) is 1.77. The fraction of sp³-hybridized carbons (Fsp3) is 0.308. The summed E-state index contributed by atoms with van der Waals surface area (Å²) in [5.74, 6) is 0. The van der Waals surface area contributed by atoms with E-state index in [1.807, 2.05) is 0 Å². The molecule has 0 spiro atoms. The highest BCUT2D eigenvalue weighted by Gasteiger charge is 2.51. The summed E-state index contributed by atoms with van der Waals surface area (Å²) in [5, 5.41) is 2.57. The minimum atomic E-state index is -4.41. The van der Waals surface area contributed by atoms with E-state index in [1.54, 1.807) is 18.2 Å². The maximum absolute atomic E-state index is 13.4. The second kappa shape index (κ2) is 5.71. The zero-order chi connectivity index (χ0) is 14.8. The number of hydrogen-bond donors (Lipinski definition) is 1. The molecule has 0 amide bonds. The van der Waals surface area contributed by atoms with Crippen LogP contribution in [0.4, 0.5) is 13.2 Å². The predicted molar refractivity (Wildman–Crippen MR) is 73.8 cm³/mol. The molecule has 0 saturated carbocycles. The van der Waals surface area contributed by atoms with Gasteiger partial charge in [0, 0.05) is 17.6 Å². The lowest BCUT2D eigenvalue weighted by Gasteiger charge is -2.33. The highest BCUT2D eigenvalue weighted by Crippen LogP contribution is 2.39. The first-order valence-corrected chi connectivity index (χ1v) is 7.00. The van der Waals surface area contributed by atoms with E-state index in [-0.39, 0.29) is 12.1 Å². The number of aromatic nitrogens is 1. The van der Waals surface area contributed by atoms with Gasteiger partial charge in [-0.05, 0) is 12.5 Å². The molecule has 2 nitrogen and oxygen atoms in total. The highest BCUT2D eigenvalue weighted by molar-refractivity contribution is 7.15. The molecule has 108 valence electrons. The summed E-state index contributed by atoms with van der Waals surface area (Å²) >= 11 is 6.83. The lowest BCUT2D eigenvalue weighted by Crippen LogP contribution is -2.51. The molecule has 0 aliphatic carbocycles. The van der Waals surface area contributed by atoms with Crippen LogP contribution in [0.15, 0.2) is 36.5 Å². The van der Waals surface area contributed by atoms with Gasteiger partial charge in [-0.3, -0.25) is 5.32 Å². The summed E-state index contributed by atoms with van der Waals surface area (Å²) in [6.07, 6.45) is -2.94. The van der Waals surface area contributed by atoms with Crippen LogP contribution in [0, 0.1) is 0 Å². The Kier molecular flexibility index (Phi) is 4.36. The van der Waals surface area contributed by atoms with Gasteiger partial charge in [-0.1, -0.05) is 41.9 Å². The Bertz CT molecular complexity index is 570. The lowest BCUT2D eigenvalue weighted by atomic mass is 9.91. The van der Waals surface area contributed by atoms with Gasteiger partial charge in [0.05, 0.1) is 0 Å². The summed E-state index contributed by atoms with van der Waals surface area (Å²) in [4.78, 5) is 4.47. The average Bonchev–Trinajstić information content (AvgIpc) is 2.81. The first-order chi connectivity index (χ1) is 9.33. The Morgan fingerprint density at radius 3 is 2.40 bits per heavy atom. The van der Waals surface area contributed by atoms with Gasteiger partial charge in [-0.15, -0.1) is 11.3 Å². The summed E-state index contributed by atoms with van der Waals surface area (Å²) in [6, 6.07) is 7.78. The van der Waals surface area contributed by atoms with Crippen LogP contribution in [-0.4, -0.2) is 11.2 Å². The third kappa shape index (κ3) is 3.13. The summed E-state index contributed by atoms with van der Waals surface area (Å²) in [5.41, 5.74) is -1.95. The van der Waals surface area contributed by atoms with Gasteiger partial charge in [0.1, 0.15) is 5.54 Å². The highest BCUT2D eigenvalue weighted by atomic mass is 35.5. The minimum absolute atomic E-state index is 0.0509. The monoisotopic (exact) mass is 320 g/mol. The number of alkyl halides is 3. The van der Waals surface area contributed by atoms with E-state index >= 15 is 0 Å². The molecule has 0 radical (unpaired) electrons. The SMILES string of the molecule is CC(NCc1cnc(Cl)s1)(c1ccccc1)C(F)(F)F. The van der Waals surface area contributed by atoms with E-state index in [4.69, 9.17) is 11.6 Å². The average molecular weight is 321 g/mol. The van der Waals surface area contributed by atoms with Crippen LogP contribution in [0.2, 0.25) is 4.47 Å². The van der Waals surface area contributed by atoms with Crippen LogP contribution in [0.25, 0.3) is 0 Å². The van der Waals surface area contributed by atoms with Gasteiger partial charge in [0.25, 0.3) is 0 Å². The molecule has 1 heterocycles. The van der Waals surface area contributed by atoms with E-state index in [2.05, 4.69) is 10.3 Å². The van der Waals surface area contributed by atoms with Crippen LogP contribution < -0.4 is 5.32 Å². The first-order valence-electron chi connectivity index (χ1n) is 5.80. The van der Waals surface area contributed by atoms with Gasteiger partial charge in [-0.25, -0.2) is 4.98 Å². The van der Waals surface area contributed by atoms with Crippen molar-refractivity contribution in [1.29, 1.82) is 0 Å². The molecule has 0 aliphatic rings. The number of halogens is 4. The molecule has 1 aromatic carbocycles. The summed E-state index contributed by atoms with van der Waals surface area (Å²) < 4.78 is 40.5. The number of thiazole rings is 1. The van der Waals surface area contributed by atoms with Crippen molar-refractivity contribution in [3.05, 3.63) is 51.4 Å². The summed E-state index contributed by atoms with van der Waals surface area (Å²) in [6.45, 7) is 1.18. The molecule has 1 atom stereocenters. The van der Waals surface area contributed by atoms with Gasteiger partial charge in [-0.2, -0.15) is 13.2 Å². The quantitative estimate of drug-likeness (QED) is 0.905. The number of nitrogens with zero attached hydrogens (tertiary/aromatic N) is 1. The number of benzene rings is 1. The maximum atomic E-state index is 13.4. The van der Waals surface area contributed by atoms with Crippen LogP contribution in [-0.2, 0) is 12.1 Å². The van der Waals surface area contributed by atoms with Crippen LogP contribution >= 0.6 is 22.9 Å². The Hall–Kier alpha value is -1.11. The zero-order valence-corrected chi connectivity index (χ0v) is 12.1. The second-order valence-corrected chi connectivity index (χ2v) is 6.12. The van der Waals surface area contributed by atoms with E-state index < -0.39 is 11.7 Å². The van der Waals surface area contributed by atoms with Crippen molar-refractivity contribution in [2.24, 2.45) is 0 Å². The Morgan fingerprint density at radius 1 is 1.25 bits per heavy atom. The molecule has 1 N–H and O–H groups in total. The molecular weight excluding hydrogens is 309 g/mol. The first kappa shape index (κ1) is 15.3.